The lowest BCUT2D eigenvalue weighted by molar-refractivity contribution is -0.141. The number of nitrogens with zero attached hydrogens (tertiary/aromatic N) is 8. The lowest BCUT2D eigenvalue weighted by atomic mass is 9.60. The molecule has 0 unspecified atom stereocenters. The van der Waals surface area contributed by atoms with E-state index in [-0.39, 0.29) is 22.9 Å². The van der Waals surface area contributed by atoms with E-state index in [1.807, 2.05) is 14.5 Å². The van der Waals surface area contributed by atoms with E-state index in [9.17, 15) is 23.1 Å². The van der Waals surface area contributed by atoms with E-state index in [0.717, 1.165) is 57.9 Å². The number of hydrogen-bond acceptors (Lipinski definition) is 6. The number of aliphatic hydroxyl groups is 1. The third-order valence-corrected chi connectivity index (χ3v) is 8.96. The van der Waals surface area contributed by atoms with E-state index in [1.54, 1.807) is 13.3 Å². The van der Waals surface area contributed by atoms with Crippen molar-refractivity contribution in [1.82, 2.24) is 39.2 Å². The molecular formula is C24H31F3N8O2. The van der Waals surface area contributed by atoms with Crippen LogP contribution in [0.5, 0.6) is 0 Å². The lowest BCUT2D eigenvalue weighted by Gasteiger charge is -2.63. The van der Waals surface area contributed by atoms with Gasteiger partial charge in [0.15, 0.2) is 11.5 Å². The van der Waals surface area contributed by atoms with Gasteiger partial charge in [0.05, 0.1) is 11.7 Å². The number of rotatable bonds is 5. The van der Waals surface area contributed by atoms with Gasteiger partial charge in [-0.1, -0.05) is 0 Å². The quantitative estimate of drug-likeness (QED) is 0.649. The van der Waals surface area contributed by atoms with Crippen LogP contribution in [0.15, 0.2) is 12.4 Å². The largest absolute Gasteiger partial charge is 0.435 e. The summed E-state index contributed by atoms with van der Waals surface area (Å²) in [4.78, 5) is 23.2. The number of hydrogen-bond donors (Lipinski definition) is 1. The monoisotopic (exact) mass is 520 g/mol. The first kappa shape index (κ1) is 23.4. The van der Waals surface area contributed by atoms with Crippen LogP contribution in [0.25, 0.3) is 0 Å². The van der Waals surface area contributed by atoms with E-state index >= 15 is 0 Å². The van der Waals surface area contributed by atoms with Crippen molar-refractivity contribution < 1.29 is 23.1 Å². The first-order valence-corrected chi connectivity index (χ1v) is 13.0. The normalized spacial score (nSPS) is 25.5. The lowest BCUT2D eigenvalue weighted by Crippen LogP contribution is -2.75. The number of alkyl halides is 3. The zero-order valence-electron chi connectivity index (χ0n) is 20.8. The molecule has 5 aliphatic rings. The molecule has 10 nitrogen and oxygen atoms in total. The number of likely N-dealkylation sites (tertiary alicyclic amines) is 3. The molecule has 2 aliphatic carbocycles. The summed E-state index contributed by atoms with van der Waals surface area (Å²) in [7, 11) is 0. The van der Waals surface area contributed by atoms with Gasteiger partial charge in [0.2, 0.25) is 0 Å². The van der Waals surface area contributed by atoms with E-state index in [0.29, 0.717) is 37.7 Å². The highest BCUT2D eigenvalue weighted by Crippen LogP contribution is 2.55. The smallest absolute Gasteiger partial charge is 0.382 e. The van der Waals surface area contributed by atoms with E-state index in [4.69, 9.17) is 0 Å². The summed E-state index contributed by atoms with van der Waals surface area (Å²) in [5.74, 6) is 0.530. The van der Waals surface area contributed by atoms with Gasteiger partial charge in [-0.25, -0.2) is 14.5 Å². The van der Waals surface area contributed by atoms with Gasteiger partial charge in [-0.05, 0) is 38.7 Å². The van der Waals surface area contributed by atoms with Crippen molar-refractivity contribution in [3.05, 3.63) is 29.6 Å². The fourth-order valence-corrected chi connectivity index (χ4v) is 6.83. The van der Waals surface area contributed by atoms with Crippen molar-refractivity contribution >= 4 is 6.03 Å². The maximum absolute atomic E-state index is 13.0. The third kappa shape index (κ3) is 3.76. The Morgan fingerprint density at radius 2 is 1.70 bits per heavy atom. The maximum atomic E-state index is 13.0. The van der Waals surface area contributed by atoms with Crippen LogP contribution in [-0.2, 0) is 24.9 Å². The average molecular weight is 521 g/mol. The van der Waals surface area contributed by atoms with Crippen LogP contribution in [0.1, 0.15) is 55.9 Å². The molecule has 3 aliphatic heterocycles. The van der Waals surface area contributed by atoms with Gasteiger partial charge in [-0.2, -0.15) is 23.4 Å². The molecule has 0 bridgehead atoms. The highest BCUT2D eigenvalue weighted by molar-refractivity contribution is 5.77. The molecule has 5 fully saturated rings. The summed E-state index contributed by atoms with van der Waals surface area (Å²) in [5.41, 5.74) is -0.830. The molecular weight excluding hydrogens is 489 g/mol. The van der Waals surface area contributed by atoms with Crippen molar-refractivity contribution in [2.24, 2.45) is 10.8 Å². The SMILES string of the molecule is CCn1nc(C(F)(F)F)cc1CN1CC2(C1)CN(C(=O)N1CC3(CC(n4cnc(C5(O)CC5)n4)C3)C1)C2. The van der Waals surface area contributed by atoms with Crippen LogP contribution in [0.4, 0.5) is 18.0 Å². The molecule has 2 spiro atoms. The van der Waals surface area contributed by atoms with Crippen LogP contribution in [0.3, 0.4) is 0 Å². The summed E-state index contributed by atoms with van der Waals surface area (Å²) in [5, 5.41) is 18.4. The standard InChI is InChI=1S/C24H31F3N8O2/c1-2-34-16(5-18(29-34)24(25,26)27)8-31-9-22(10-31)13-33(14-22)20(36)32-11-21(12-32)6-17(7-21)35-15-28-19(30-35)23(37)3-4-23/h5,15,17,37H,2-4,6-14H2,1H3. The first-order valence-electron chi connectivity index (χ1n) is 13.0. The number of aromatic nitrogens is 5. The zero-order chi connectivity index (χ0) is 25.8. The van der Waals surface area contributed by atoms with Gasteiger partial charge in [-0.3, -0.25) is 9.58 Å². The molecule has 200 valence electrons. The minimum Gasteiger partial charge on any atom is -0.382 e. The molecule has 0 radical (unpaired) electrons. The maximum Gasteiger partial charge on any atom is 0.435 e. The molecule has 3 saturated heterocycles. The Bertz CT molecular complexity index is 1220. The Labute approximate surface area is 212 Å². The summed E-state index contributed by atoms with van der Waals surface area (Å²) >= 11 is 0. The Hall–Kier alpha value is -2.67. The molecule has 0 atom stereocenters. The highest BCUT2D eigenvalue weighted by Gasteiger charge is 2.58. The first-order chi connectivity index (χ1) is 17.5. The van der Waals surface area contributed by atoms with Gasteiger partial charge in [0.1, 0.15) is 11.9 Å². The van der Waals surface area contributed by atoms with Crippen LogP contribution in [-0.4, -0.2) is 89.7 Å². The topological polar surface area (TPSA) is 95.6 Å². The highest BCUT2D eigenvalue weighted by atomic mass is 19.4. The van der Waals surface area contributed by atoms with Gasteiger partial charge >= 0.3 is 12.2 Å². The molecule has 37 heavy (non-hydrogen) atoms. The second-order valence-corrected chi connectivity index (χ2v) is 12.1. The average Bonchev–Trinajstić information content (AvgIpc) is 3.14. The van der Waals surface area contributed by atoms with E-state index in [2.05, 4.69) is 20.1 Å². The van der Waals surface area contributed by atoms with Crippen molar-refractivity contribution in [2.75, 3.05) is 39.3 Å². The predicted octanol–water partition coefficient (Wildman–Crippen LogP) is 2.07. The predicted molar refractivity (Wildman–Crippen MR) is 123 cm³/mol. The zero-order valence-corrected chi connectivity index (χ0v) is 20.8. The molecule has 2 aromatic rings. The number of halogens is 3. The van der Waals surface area contributed by atoms with Crippen LogP contribution >= 0.6 is 0 Å². The van der Waals surface area contributed by atoms with Crippen molar-refractivity contribution in [2.45, 2.75) is 63.5 Å². The fraction of sp³-hybridized carbons (Fsp3) is 0.750. The Balaban J connectivity index is 0.858. The third-order valence-electron chi connectivity index (χ3n) is 8.96. The minimum atomic E-state index is -4.44. The number of carbonyl (C=O) groups is 1. The van der Waals surface area contributed by atoms with Gasteiger partial charge in [0.25, 0.3) is 0 Å². The molecule has 2 aromatic heterocycles. The Morgan fingerprint density at radius 1 is 1.05 bits per heavy atom. The van der Waals surface area contributed by atoms with Crippen molar-refractivity contribution in [3.63, 3.8) is 0 Å². The summed E-state index contributed by atoms with van der Waals surface area (Å²) in [6.07, 6.45) is 0.687. The second-order valence-electron chi connectivity index (χ2n) is 12.1. The molecule has 2 saturated carbocycles. The minimum absolute atomic E-state index is 0.0696. The number of aryl methyl sites for hydroxylation is 1. The van der Waals surface area contributed by atoms with Crippen LogP contribution < -0.4 is 0 Å². The summed E-state index contributed by atoms with van der Waals surface area (Å²) < 4.78 is 42.4. The van der Waals surface area contributed by atoms with Crippen LogP contribution in [0.2, 0.25) is 0 Å². The van der Waals surface area contributed by atoms with Gasteiger partial charge < -0.3 is 14.9 Å². The molecule has 7 rings (SSSR count). The molecule has 2 amide bonds. The number of amides is 2. The molecule has 13 heteroatoms. The van der Waals surface area contributed by atoms with Gasteiger partial charge in [-0.15, -0.1) is 0 Å². The summed E-state index contributed by atoms with van der Waals surface area (Å²) in [6, 6.07) is 1.52. The number of carbonyl (C=O) groups excluding carboxylic acids is 1. The fourth-order valence-electron chi connectivity index (χ4n) is 6.83. The second kappa shape index (κ2) is 7.46. The molecule has 5 heterocycles. The van der Waals surface area contributed by atoms with E-state index < -0.39 is 17.5 Å². The summed E-state index contributed by atoms with van der Waals surface area (Å²) in [6.45, 7) is 7.15. The molecule has 0 aromatic carbocycles. The van der Waals surface area contributed by atoms with Crippen molar-refractivity contribution in [3.8, 4) is 0 Å². The number of urea groups is 1. The Kier molecular flexibility index (Phi) is 4.73. The van der Waals surface area contributed by atoms with Gasteiger partial charge in [0, 0.05) is 63.2 Å². The van der Waals surface area contributed by atoms with Crippen LogP contribution in [0, 0.1) is 10.8 Å². The Morgan fingerprint density at radius 3 is 2.30 bits per heavy atom. The molecule has 1 N–H and O–H groups in total. The van der Waals surface area contributed by atoms with Crippen molar-refractivity contribution in [1.29, 1.82) is 0 Å². The van der Waals surface area contributed by atoms with E-state index in [1.165, 1.54) is 4.68 Å².